The predicted octanol–water partition coefficient (Wildman–Crippen LogP) is 0.626. The zero-order valence-corrected chi connectivity index (χ0v) is 11.6. The maximum atomic E-state index is 11.9. The number of carbonyl (C=O) groups is 2. The summed E-state index contributed by atoms with van der Waals surface area (Å²) < 4.78 is 0. The largest absolute Gasteiger partial charge is 0.351 e. The first-order chi connectivity index (χ1) is 10.6. The van der Waals surface area contributed by atoms with E-state index >= 15 is 0 Å². The minimum atomic E-state index is -0.386. The first-order valence-electron chi connectivity index (χ1n) is 6.89. The average molecular weight is 298 g/mol. The number of nitrogens with one attached hydrogen (secondary N) is 3. The molecule has 2 aromatic rings. The van der Waals surface area contributed by atoms with Gasteiger partial charge in [-0.15, -0.1) is 0 Å². The molecule has 1 unspecified atom stereocenters. The second kappa shape index (κ2) is 5.80. The van der Waals surface area contributed by atoms with Crippen molar-refractivity contribution in [3.63, 3.8) is 0 Å². The van der Waals surface area contributed by atoms with Gasteiger partial charge in [-0.3, -0.25) is 14.4 Å². The molecule has 7 nitrogen and oxygen atoms in total. The van der Waals surface area contributed by atoms with E-state index < -0.39 is 0 Å². The van der Waals surface area contributed by atoms with Crippen LogP contribution in [0.3, 0.4) is 0 Å². The number of benzene rings is 1. The van der Waals surface area contributed by atoms with Gasteiger partial charge in [-0.1, -0.05) is 18.2 Å². The van der Waals surface area contributed by atoms with E-state index in [0.29, 0.717) is 13.0 Å². The molecule has 7 heteroatoms. The second-order valence-corrected chi connectivity index (χ2v) is 4.98. The Morgan fingerprint density at radius 1 is 1.18 bits per heavy atom. The third kappa shape index (κ3) is 2.73. The molecule has 1 aliphatic rings. The molecule has 0 saturated heterocycles. The normalized spacial score (nSPS) is 16.0. The van der Waals surface area contributed by atoms with E-state index in [2.05, 4.69) is 20.8 Å². The van der Waals surface area contributed by atoms with Crippen molar-refractivity contribution in [3.05, 3.63) is 58.0 Å². The Morgan fingerprint density at radius 3 is 2.77 bits per heavy atom. The molecule has 1 aliphatic heterocycles. The lowest BCUT2D eigenvalue weighted by molar-refractivity contribution is -0.117. The van der Waals surface area contributed by atoms with Crippen molar-refractivity contribution in [2.45, 2.75) is 12.3 Å². The monoisotopic (exact) mass is 298 g/mol. The summed E-state index contributed by atoms with van der Waals surface area (Å²) in [6, 6.07) is 10.1. The summed E-state index contributed by atoms with van der Waals surface area (Å²) in [5.41, 5.74) is 1.54. The molecule has 1 aromatic carbocycles. The number of fused-ring (bicyclic) bond motifs is 1. The van der Waals surface area contributed by atoms with Crippen molar-refractivity contribution < 1.29 is 9.59 Å². The van der Waals surface area contributed by atoms with Crippen LogP contribution in [0.1, 0.15) is 28.4 Å². The number of anilines is 1. The summed E-state index contributed by atoms with van der Waals surface area (Å²) >= 11 is 0. The first-order valence-corrected chi connectivity index (χ1v) is 6.89. The first kappa shape index (κ1) is 14.0. The zero-order valence-electron chi connectivity index (χ0n) is 11.6. The van der Waals surface area contributed by atoms with Crippen LogP contribution in [-0.2, 0) is 4.79 Å². The summed E-state index contributed by atoms with van der Waals surface area (Å²) in [6.45, 7) is 0.339. The lowest BCUT2D eigenvalue weighted by atomic mass is 9.97. The summed E-state index contributed by atoms with van der Waals surface area (Å²) in [4.78, 5) is 34.7. The number of rotatable bonds is 4. The van der Waals surface area contributed by atoms with Gasteiger partial charge >= 0.3 is 0 Å². The van der Waals surface area contributed by atoms with Gasteiger partial charge in [-0.05, 0) is 24.1 Å². The van der Waals surface area contributed by atoms with Gasteiger partial charge in [0.15, 0.2) is 0 Å². The van der Waals surface area contributed by atoms with Gasteiger partial charge in [0.25, 0.3) is 11.5 Å². The fraction of sp³-hybridized carbons (Fsp3) is 0.200. The van der Waals surface area contributed by atoms with Crippen molar-refractivity contribution in [1.29, 1.82) is 0 Å². The summed E-state index contributed by atoms with van der Waals surface area (Å²) in [5.74, 6) is -0.708. The highest BCUT2D eigenvalue weighted by Crippen LogP contribution is 2.33. The number of aromatic nitrogens is 2. The molecule has 0 radical (unpaired) electrons. The van der Waals surface area contributed by atoms with E-state index in [1.165, 1.54) is 12.1 Å². The average Bonchev–Trinajstić information content (AvgIpc) is 2.84. The lowest BCUT2D eigenvalue weighted by Crippen LogP contribution is -2.28. The van der Waals surface area contributed by atoms with Crippen LogP contribution in [-0.4, -0.2) is 28.6 Å². The predicted molar refractivity (Wildman–Crippen MR) is 79.6 cm³/mol. The van der Waals surface area contributed by atoms with Gasteiger partial charge in [0.2, 0.25) is 5.91 Å². The van der Waals surface area contributed by atoms with Crippen molar-refractivity contribution in [1.82, 2.24) is 15.5 Å². The number of nitrogens with zero attached hydrogens (tertiary/aromatic N) is 1. The van der Waals surface area contributed by atoms with E-state index in [1.54, 1.807) is 0 Å². The molecule has 0 bridgehead atoms. The zero-order chi connectivity index (χ0) is 15.5. The maximum Gasteiger partial charge on any atom is 0.271 e. The lowest BCUT2D eigenvalue weighted by Gasteiger charge is -2.09. The number of hydrogen-bond acceptors (Lipinski definition) is 4. The third-order valence-electron chi connectivity index (χ3n) is 3.54. The van der Waals surface area contributed by atoms with Crippen LogP contribution in [0.15, 0.2) is 41.2 Å². The highest BCUT2D eigenvalue weighted by Gasteiger charge is 2.29. The van der Waals surface area contributed by atoms with E-state index in [0.717, 1.165) is 11.3 Å². The molecule has 0 aliphatic carbocycles. The van der Waals surface area contributed by atoms with E-state index in [-0.39, 0.29) is 29.0 Å². The maximum absolute atomic E-state index is 11.9. The van der Waals surface area contributed by atoms with Crippen LogP contribution in [0.4, 0.5) is 5.69 Å². The number of para-hydroxylation sites is 1. The van der Waals surface area contributed by atoms with Crippen molar-refractivity contribution in [2.75, 3.05) is 11.9 Å². The van der Waals surface area contributed by atoms with Gasteiger partial charge in [-0.25, -0.2) is 5.10 Å². The number of aromatic amines is 1. The van der Waals surface area contributed by atoms with Crippen molar-refractivity contribution in [3.8, 4) is 0 Å². The van der Waals surface area contributed by atoms with Crippen molar-refractivity contribution in [2.24, 2.45) is 0 Å². The molecule has 0 saturated carbocycles. The Labute approximate surface area is 125 Å². The summed E-state index contributed by atoms with van der Waals surface area (Å²) in [7, 11) is 0. The van der Waals surface area contributed by atoms with Crippen LogP contribution in [0.2, 0.25) is 0 Å². The number of hydrogen-bond donors (Lipinski definition) is 3. The number of H-pyrrole nitrogens is 1. The molecule has 2 heterocycles. The Morgan fingerprint density at radius 2 is 2.00 bits per heavy atom. The molecule has 22 heavy (non-hydrogen) atoms. The Kier molecular flexibility index (Phi) is 3.69. The van der Waals surface area contributed by atoms with Gasteiger partial charge < -0.3 is 10.6 Å². The number of carbonyl (C=O) groups excluding carboxylic acids is 2. The molecule has 1 atom stereocenters. The van der Waals surface area contributed by atoms with Crippen LogP contribution in [0.25, 0.3) is 0 Å². The molecule has 2 amide bonds. The van der Waals surface area contributed by atoms with Gasteiger partial charge in [0, 0.05) is 18.3 Å². The standard InChI is InChI=1S/C15H14N4O3/c20-13-6-5-12(18-19-13)15(22)16-8-7-10-9-3-1-2-4-11(9)17-14(10)21/h1-6,10H,7-8H2,(H,16,22)(H,17,21)(H,19,20). The third-order valence-corrected chi connectivity index (χ3v) is 3.54. The van der Waals surface area contributed by atoms with Gasteiger partial charge in [-0.2, -0.15) is 5.10 Å². The molecule has 1 aromatic heterocycles. The molecule has 3 rings (SSSR count). The Balaban J connectivity index is 1.59. The Bertz CT molecular complexity index is 764. The SMILES string of the molecule is O=C(NCCC1C(=O)Nc2ccccc21)c1ccc(=O)[nH]n1. The second-order valence-electron chi connectivity index (χ2n) is 4.98. The van der Waals surface area contributed by atoms with Gasteiger partial charge in [0.1, 0.15) is 5.69 Å². The quantitative estimate of drug-likeness (QED) is 0.770. The van der Waals surface area contributed by atoms with Crippen LogP contribution < -0.4 is 16.2 Å². The summed E-state index contributed by atoms with van der Waals surface area (Å²) in [6.07, 6.45) is 0.498. The fourth-order valence-corrected chi connectivity index (χ4v) is 2.45. The van der Waals surface area contributed by atoms with Crippen molar-refractivity contribution >= 4 is 17.5 Å². The molecular weight excluding hydrogens is 284 g/mol. The van der Waals surface area contributed by atoms with E-state index in [1.807, 2.05) is 24.3 Å². The van der Waals surface area contributed by atoms with Crippen LogP contribution >= 0.6 is 0 Å². The molecule has 112 valence electrons. The molecule has 3 N–H and O–H groups in total. The van der Waals surface area contributed by atoms with Crippen LogP contribution in [0.5, 0.6) is 0 Å². The smallest absolute Gasteiger partial charge is 0.271 e. The molecule has 0 spiro atoms. The Hall–Kier alpha value is -2.96. The molecular formula is C15H14N4O3. The van der Waals surface area contributed by atoms with E-state index in [4.69, 9.17) is 0 Å². The minimum absolute atomic E-state index is 0.0578. The van der Waals surface area contributed by atoms with Crippen LogP contribution in [0, 0.1) is 0 Å². The summed E-state index contributed by atoms with van der Waals surface area (Å²) in [5, 5.41) is 11.4. The van der Waals surface area contributed by atoms with Gasteiger partial charge in [0.05, 0.1) is 5.92 Å². The minimum Gasteiger partial charge on any atom is -0.351 e. The fourth-order valence-electron chi connectivity index (χ4n) is 2.45. The topological polar surface area (TPSA) is 104 Å². The number of amides is 2. The van der Waals surface area contributed by atoms with E-state index in [9.17, 15) is 14.4 Å². The highest BCUT2D eigenvalue weighted by atomic mass is 16.2. The highest BCUT2D eigenvalue weighted by molar-refractivity contribution is 6.02. The molecule has 0 fully saturated rings.